The molecule has 1 amide bonds. The monoisotopic (exact) mass is 423 g/mol. The first kappa shape index (κ1) is 27.0. The van der Waals surface area contributed by atoms with Gasteiger partial charge in [0.2, 0.25) is 5.91 Å². The predicted molar refractivity (Wildman–Crippen MR) is 106 cm³/mol. The fourth-order valence-corrected chi connectivity index (χ4v) is 2.98. The molecule has 25 heavy (non-hydrogen) atoms. The molecular weight excluding hydrogens is 385 g/mol. The number of nitrogens with zero attached hydrogens (tertiary/aromatic N) is 1. The fourth-order valence-electron chi connectivity index (χ4n) is 2.98. The first-order valence-corrected chi connectivity index (χ1v) is 9.56. The summed E-state index contributed by atoms with van der Waals surface area (Å²) in [5.74, 6) is 0.747. The van der Waals surface area contributed by atoms with Gasteiger partial charge in [0, 0.05) is 38.3 Å². The van der Waals surface area contributed by atoms with E-state index in [4.69, 9.17) is 5.73 Å². The number of amides is 1. The minimum Gasteiger partial charge on any atom is -0.366 e. The van der Waals surface area contributed by atoms with Crippen LogP contribution in [0.5, 0.6) is 0 Å². The van der Waals surface area contributed by atoms with Crippen molar-refractivity contribution in [2.75, 3.05) is 19.6 Å². The number of primary amides is 1. The first-order chi connectivity index (χ1) is 11.5. The summed E-state index contributed by atoms with van der Waals surface area (Å²) in [5, 5.41) is 0. The molecule has 3 aliphatic rings. The molecule has 1 radical (unpaired) electrons. The van der Waals surface area contributed by atoms with Crippen LogP contribution in [0.25, 0.3) is 0 Å². The number of hydrogen-bond donors (Lipinski definition) is 1. The second-order valence-electron chi connectivity index (χ2n) is 6.52. The van der Waals surface area contributed by atoms with Gasteiger partial charge in [0.05, 0.1) is 0 Å². The molecule has 0 aliphatic carbocycles. The van der Waals surface area contributed by atoms with Crippen molar-refractivity contribution in [2.45, 2.75) is 67.2 Å². The van der Waals surface area contributed by atoms with Crippen LogP contribution >= 0.6 is 0 Å². The van der Waals surface area contributed by atoms with E-state index in [1.54, 1.807) is 12.1 Å². The molecule has 0 aromatic heterocycles. The van der Waals surface area contributed by atoms with Crippen LogP contribution in [-0.4, -0.2) is 30.4 Å². The number of rotatable bonds is 1. The molecule has 1 aromatic carbocycles. The van der Waals surface area contributed by atoms with E-state index in [1.165, 1.54) is 45.3 Å². The van der Waals surface area contributed by atoms with Crippen LogP contribution in [0.3, 0.4) is 0 Å². The Morgan fingerprint density at radius 2 is 1.36 bits per heavy atom. The number of aryl methyl sites for hydroxylation is 2. The number of piperidine rings is 3. The van der Waals surface area contributed by atoms with Crippen molar-refractivity contribution in [1.82, 2.24) is 4.90 Å². The largest absolute Gasteiger partial charge is 0.366 e. The molecule has 2 N–H and O–H groups in total. The standard InChI is InChI=1S/C9H11NO.C7H13N.C3H8.C2H6.Y/c1-6-3-7(2)5-8(4-6)9(10)11;1-4-8-5-2-7(1)3-6-8;1-3-2;1-2;/h3-5H,1-2H3,(H2,10,11);7H,1-6H2;3H2,1-2H3;1-2H3;. The molecule has 3 saturated heterocycles. The number of fused-ring (bicyclic) bond motifs is 3. The Balaban J connectivity index is 0. The van der Waals surface area contributed by atoms with Gasteiger partial charge >= 0.3 is 0 Å². The molecule has 3 aliphatic heterocycles. The molecule has 1 aromatic rings. The Bertz CT molecular complexity index is 426. The van der Waals surface area contributed by atoms with Crippen molar-refractivity contribution >= 4 is 5.91 Å². The van der Waals surface area contributed by atoms with Gasteiger partial charge in [-0.2, -0.15) is 0 Å². The molecule has 3 heterocycles. The van der Waals surface area contributed by atoms with Crippen molar-refractivity contribution < 1.29 is 37.5 Å². The Labute approximate surface area is 181 Å². The number of hydrogen-bond acceptors (Lipinski definition) is 2. The molecule has 2 bridgehead atoms. The summed E-state index contributed by atoms with van der Waals surface area (Å²) in [7, 11) is 0. The third-order valence-electron chi connectivity index (χ3n) is 4.07. The minimum absolute atomic E-state index is 0. The predicted octanol–water partition coefficient (Wildman–Crippen LogP) is 4.94. The molecular formula is C21H38N2OY. The van der Waals surface area contributed by atoms with Gasteiger partial charge in [0.15, 0.2) is 0 Å². The molecule has 0 saturated carbocycles. The van der Waals surface area contributed by atoms with E-state index in [9.17, 15) is 4.79 Å². The number of nitrogens with two attached hydrogens (primary N) is 1. The Morgan fingerprint density at radius 3 is 1.56 bits per heavy atom. The van der Waals surface area contributed by atoms with Gasteiger partial charge in [0.1, 0.15) is 0 Å². The number of carbonyl (C=O) groups is 1. The zero-order chi connectivity index (χ0) is 18.5. The summed E-state index contributed by atoms with van der Waals surface area (Å²) in [6.45, 7) is 16.3. The van der Waals surface area contributed by atoms with Gasteiger partial charge in [0.25, 0.3) is 0 Å². The zero-order valence-electron chi connectivity index (χ0n) is 17.3. The maximum Gasteiger partial charge on any atom is 0.248 e. The molecule has 0 unspecified atom stereocenters. The second-order valence-corrected chi connectivity index (χ2v) is 6.52. The van der Waals surface area contributed by atoms with Crippen LogP contribution in [0.4, 0.5) is 0 Å². The Kier molecular flexibility index (Phi) is 17.2. The van der Waals surface area contributed by atoms with Crippen LogP contribution < -0.4 is 5.73 Å². The zero-order valence-corrected chi connectivity index (χ0v) is 20.1. The minimum atomic E-state index is -0.364. The molecule has 3 nitrogen and oxygen atoms in total. The Morgan fingerprint density at radius 1 is 1.00 bits per heavy atom. The maximum atomic E-state index is 10.7. The average molecular weight is 423 g/mol. The van der Waals surface area contributed by atoms with Crippen molar-refractivity contribution in [3.63, 3.8) is 0 Å². The van der Waals surface area contributed by atoms with Gasteiger partial charge in [-0.25, -0.2) is 0 Å². The van der Waals surface area contributed by atoms with Crippen LogP contribution in [0, 0.1) is 19.8 Å². The fraction of sp³-hybridized carbons (Fsp3) is 0.667. The van der Waals surface area contributed by atoms with Gasteiger partial charge in [-0.05, 0) is 70.8 Å². The van der Waals surface area contributed by atoms with Crippen molar-refractivity contribution in [3.8, 4) is 0 Å². The number of benzene rings is 1. The molecule has 4 rings (SSSR count). The van der Waals surface area contributed by atoms with Crippen LogP contribution in [-0.2, 0) is 32.7 Å². The molecule has 0 atom stereocenters. The van der Waals surface area contributed by atoms with E-state index in [0.717, 1.165) is 17.0 Å². The van der Waals surface area contributed by atoms with Gasteiger partial charge in [-0.15, -0.1) is 0 Å². The molecule has 3 fully saturated rings. The van der Waals surface area contributed by atoms with Crippen LogP contribution in [0.2, 0.25) is 0 Å². The van der Waals surface area contributed by atoms with E-state index in [2.05, 4.69) is 18.7 Å². The second kappa shape index (κ2) is 16.0. The van der Waals surface area contributed by atoms with Gasteiger partial charge < -0.3 is 10.6 Å². The van der Waals surface area contributed by atoms with E-state index in [1.807, 2.05) is 33.8 Å². The molecule has 0 spiro atoms. The van der Waals surface area contributed by atoms with Crippen LogP contribution in [0.1, 0.15) is 74.9 Å². The summed E-state index contributed by atoms with van der Waals surface area (Å²) in [5.41, 5.74) is 7.83. The summed E-state index contributed by atoms with van der Waals surface area (Å²) in [4.78, 5) is 13.3. The first-order valence-electron chi connectivity index (χ1n) is 9.56. The Hall–Kier alpha value is -0.246. The van der Waals surface area contributed by atoms with E-state index in [0.29, 0.717) is 5.56 Å². The summed E-state index contributed by atoms with van der Waals surface area (Å²) in [6.07, 6.45) is 5.71. The summed E-state index contributed by atoms with van der Waals surface area (Å²) < 4.78 is 0. The summed E-state index contributed by atoms with van der Waals surface area (Å²) >= 11 is 0. The van der Waals surface area contributed by atoms with Crippen molar-refractivity contribution in [3.05, 3.63) is 34.9 Å². The number of carbonyl (C=O) groups excluding carboxylic acids is 1. The van der Waals surface area contributed by atoms with Crippen molar-refractivity contribution in [1.29, 1.82) is 0 Å². The quantitative estimate of drug-likeness (QED) is 0.695. The van der Waals surface area contributed by atoms with Gasteiger partial charge in [-0.3, -0.25) is 4.79 Å². The van der Waals surface area contributed by atoms with Crippen molar-refractivity contribution in [2.24, 2.45) is 11.7 Å². The third kappa shape index (κ3) is 11.9. The average Bonchev–Trinajstić information content (AvgIpc) is 2.59. The molecule has 141 valence electrons. The molecule has 4 heteroatoms. The van der Waals surface area contributed by atoms with Gasteiger partial charge in [-0.1, -0.05) is 51.3 Å². The van der Waals surface area contributed by atoms with Crippen LogP contribution in [0.15, 0.2) is 18.2 Å². The van der Waals surface area contributed by atoms with E-state index in [-0.39, 0.29) is 38.6 Å². The summed E-state index contributed by atoms with van der Waals surface area (Å²) in [6, 6.07) is 5.58. The normalized spacial score (nSPS) is 19.6. The van der Waals surface area contributed by atoms with E-state index < -0.39 is 0 Å². The van der Waals surface area contributed by atoms with E-state index >= 15 is 0 Å². The maximum absolute atomic E-state index is 10.7. The smallest absolute Gasteiger partial charge is 0.248 e. The topological polar surface area (TPSA) is 46.3 Å². The third-order valence-corrected chi connectivity index (χ3v) is 4.07. The SMILES string of the molecule is C1CN2CCC1CC2.CC.CCC.Cc1cc(C)cc(C(N)=O)c1.[Y].